The zero-order chi connectivity index (χ0) is 44.2. The van der Waals surface area contributed by atoms with Crippen molar-refractivity contribution < 1.29 is 54.0 Å². The van der Waals surface area contributed by atoms with Crippen molar-refractivity contribution in [2.24, 2.45) is 0 Å². The van der Waals surface area contributed by atoms with Gasteiger partial charge in [-0.15, -0.1) is 0 Å². The van der Waals surface area contributed by atoms with Crippen molar-refractivity contribution in [3.8, 4) is 22.6 Å². The summed E-state index contributed by atoms with van der Waals surface area (Å²) in [6, 6.07) is 28.6. The van der Waals surface area contributed by atoms with Crippen molar-refractivity contribution in [2.45, 2.75) is 109 Å². The maximum absolute atomic E-state index is 11.2. The first-order valence-electron chi connectivity index (χ1n) is 20.8. The highest BCUT2D eigenvalue weighted by molar-refractivity contribution is 7.86. The SMILES string of the molecule is CC1(C)OB(c2ccc3c(c2)C(c2ccc(OCCCCS(=O)(=O)O)cc2)(c2ccc(OCCCCS(=O)(=O)O)cc2)c2cc(B4OC(C)(C)C(C)(C)O4)ccc2-3)OC1(C)C. The van der Waals surface area contributed by atoms with Crippen LogP contribution < -0.4 is 20.4 Å². The third-order valence-corrected chi connectivity index (χ3v) is 14.6. The monoisotopic (exact) mass is 874 g/mol. The molecule has 4 aromatic carbocycles. The van der Waals surface area contributed by atoms with E-state index in [0.29, 0.717) is 24.3 Å². The van der Waals surface area contributed by atoms with E-state index in [1.807, 2.05) is 79.7 Å². The highest BCUT2D eigenvalue weighted by Gasteiger charge is 2.55. The van der Waals surface area contributed by atoms with Crippen LogP contribution in [-0.2, 0) is 44.3 Å². The molecular formula is C45H56B2O12S2. The largest absolute Gasteiger partial charge is 0.494 e. The molecule has 0 saturated carbocycles. The summed E-state index contributed by atoms with van der Waals surface area (Å²) in [5.41, 5.74) is 4.59. The van der Waals surface area contributed by atoms with Gasteiger partial charge in [-0.3, -0.25) is 9.11 Å². The van der Waals surface area contributed by atoms with Crippen LogP contribution in [0.25, 0.3) is 11.1 Å². The van der Waals surface area contributed by atoms with Gasteiger partial charge in [0.05, 0.1) is 52.5 Å². The summed E-state index contributed by atoms with van der Waals surface area (Å²) in [7, 11) is -9.33. The first-order valence-corrected chi connectivity index (χ1v) is 24.0. The molecule has 326 valence electrons. The molecule has 2 fully saturated rings. The summed E-state index contributed by atoms with van der Waals surface area (Å²) in [6.07, 6.45) is 1.44. The summed E-state index contributed by atoms with van der Waals surface area (Å²) < 4.78 is 102. The van der Waals surface area contributed by atoms with Gasteiger partial charge in [0.2, 0.25) is 0 Å². The Hall–Kier alpha value is -3.73. The van der Waals surface area contributed by atoms with Gasteiger partial charge in [0.15, 0.2) is 0 Å². The second-order valence-corrected chi connectivity index (χ2v) is 21.4. The quantitative estimate of drug-likeness (QED) is 0.0611. The molecule has 2 saturated heterocycles. The second-order valence-electron chi connectivity index (χ2n) is 18.3. The van der Waals surface area contributed by atoms with Crippen LogP contribution in [0, 0.1) is 0 Å². The molecule has 0 radical (unpaired) electrons. The van der Waals surface area contributed by atoms with E-state index >= 15 is 0 Å². The maximum Gasteiger partial charge on any atom is 0.494 e. The van der Waals surface area contributed by atoms with Crippen LogP contribution in [-0.4, -0.2) is 87.3 Å². The van der Waals surface area contributed by atoms with E-state index in [1.54, 1.807) is 0 Å². The van der Waals surface area contributed by atoms with Crippen molar-refractivity contribution in [3.63, 3.8) is 0 Å². The van der Waals surface area contributed by atoms with E-state index in [-0.39, 0.29) is 37.6 Å². The summed E-state index contributed by atoms with van der Waals surface area (Å²) in [4.78, 5) is 0. The fraction of sp³-hybridized carbons (Fsp3) is 0.467. The third-order valence-electron chi connectivity index (χ3n) is 12.9. The summed E-state index contributed by atoms with van der Waals surface area (Å²) in [6.45, 7) is 16.8. The highest BCUT2D eigenvalue weighted by atomic mass is 32.2. The summed E-state index contributed by atoms with van der Waals surface area (Å²) in [5.74, 6) is 0.574. The van der Waals surface area contributed by atoms with Gasteiger partial charge in [-0.25, -0.2) is 0 Å². The Labute approximate surface area is 361 Å². The van der Waals surface area contributed by atoms with Gasteiger partial charge >= 0.3 is 14.2 Å². The molecular weight excluding hydrogens is 818 g/mol. The molecule has 0 unspecified atom stereocenters. The second kappa shape index (κ2) is 16.4. The number of ether oxygens (including phenoxy) is 2. The van der Waals surface area contributed by atoms with E-state index in [9.17, 15) is 16.8 Å². The first-order chi connectivity index (χ1) is 28.4. The Balaban J connectivity index is 1.35. The molecule has 7 rings (SSSR count). The molecule has 12 nitrogen and oxygen atoms in total. The Morgan fingerprint density at radius 2 is 0.820 bits per heavy atom. The normalized spacial score (nSPS) is 19.4. The molecule has 0 spiro atoms. The topological polar surface area (TPSA) is 164 Å². The van der Waals surface area contributed by atoms with E-state index < -0.39 is 62.3 Å². The molecule has 1 aliphatic carbocycles. The van der Waals surface area contributed by atoms with Crippen molar-refractivity contribution in [1.82, 2.24) is 0 Å². The molecule has 4 aromatic rings. The van der Waals surface area contributed by atoms with Gasteiger partial charge in [0, 0.05) is 0 Å². The summed E-state index contributed by atoms with van der Waals surface area (Å²) >= 11 is 0. The molecule has 2 heterocycles. The zero-order valence-corrected chi connectivity index (χ0v) is 37.8. The Bertz CT molecular complexity index is 2260. The fourth-order valence-corrected chi connectivity index (χ4v) is 9.29. The van der Waals surface area contributed by atoms with Gasteiger partial charge in [-0.1, -0.05) is 60.7 Å². The van der Waals surface area contributed by atoms with Crippen LogP contribution in [0.15, 0.2) is 84.9 Å². The van der Waals surface area contributed by atoms with Crippen molar-refractivity contribution in [3.05, 3.63) is 107 Å². The minimum atomic E-state index is -4.05. The lowest BCUT2D eigenvalue weighted by Crippen LogP contribution is -2.41. The lowest BCUT2D eigenvalue weighted by Gasteiger charge is -2.34. The Morgan fingerprint density at radius 3 is 1.13 bits per heavy atom. The lowest BCUT2D eigenvalue weighted by atomic mass is 9.65. The molecule has 16 heteroatoms. The van der Waals surface area contributed by atoms with Crippen LogP contribution in [0.4, 0.5) is 0 Å². The predicted molar refractivity (Wildman–Crippen MR) is 237 cm³/mol. The molecule has 0 amide bonds. The van der Waals surface area contributed by atoms with E-state index in [4.69, 9.17) is 37.2 Å². The van der Waals surface area contributed by atoms with Gasteiger partial charge in [0.25, 0.3) is 20.2 Å². The van der Waals surface area contributed by atoms with E-state index in [2.05, 4.69) is 60.7 Å². The van der Waals surface area contributed by atoms with Crippen LogP contribution >= 0.6 is 0 Å². The average molecular weight is 875 g/mol. The number of fused-ring (bicyclic) bond motifs is 3. The van der Waals surface area contributed by atoms with Gasteiger partial charge in [-0.05, 0) is 150 Å². The molecule has 2 aliphatic heterocycles. The standard InChI is InChI=1S/C45H56B2O12S2/c1-41(2)42(3,4)57-46(56-41)33-17-23-37-38-24-18-34(47-58-43(5,6)44(7,8)59-47)30-40(38)45(39(37)29-33,31-13-19-35(20-14-31)54-25-9-11-27-60(48,49)50)32-15-21-36(22-16-32)55-26-10-12-28-61(51,52)53/h13-24,29-30H,9-12,25-28H2,1-8H3,(H,48,49,50)(H,51,52,53). The van der Waals surface area contributed by atoms with Gasteiger partial charge in [-0.2, -0.15) is 16.8 Å². The molecule has 61 heavy (non-hydrogen) atoms. The number of rotatable bonds is 16. The van der Waals surface area contributed by atoms with Gasteiger partial charge < -0.3 is 28.1 Å². The molecule has 3 aliphatic rings. The maximum atomic E-state index is 11.2. The Morgan fingerprint density at radius 1 is 0.492 bits per heavy atom. The predicted octanol–water partition coefficient (Wildman–Crippen LogP) is 6.74. The first kappa shape index (κ1) is 45.3. The smallest absolute Gasteiger partial charge is 0.494 e. The van der Waals surface area contributed by atoms with Crippen molar-refractivity contribution in [1.29, 1.82) is 0 Å². The fourth-order valence-electron chi connectivity index (χ4n) is 8.15. The van der Waals surface area contributed by atoms with Crippen LogP contribution in [0.5, 0.6) is 11.5 Å². The van der Waals surface area contributed by atoms with Gasteiger partial charge in [0.1, 0.15) is 11.5 Å². The van der Waals surface area contributed by atoms with E-state index in [0.717, 1.165) is 44.3 Å². The molecule has 0 aromatic heterocycles. The molecule has 2 N–H and O–H groups in total. The third kappa shape index (κ3) is 9.19. The van der Waals surface area contributed by atoms with Crippen LogP contribution in [0.3, 0.4) is 0 Å². The minimum absolute atomic E-state index is 0.272. The Kier molecular flexibility index (Phi) is 12.2. The number of hydrogen-bond donors (Lipinski definition) is 2. The van der Waals surface area contributed by atoms with E-state index in [1.165, 1.54) is 0 Å². The number of hydrogen-bond acceptors (Lipinski definition) is 10. The highest BCUT2D eigenvalue weighted by Crippen LogP contribution is 2.56. The average Bonchev–Trinajstić information content (AvgIpc) is 3.68. The zero-order valence-electron chi connectivity index (χ0n) is 36.2. The minimum Gasteiger partial charge on any atom is -0.494 e. The van der Waals surface area contributed by atoms with Crippen LogP contribution in [0.1, 0.15) is 103 Å². The van der Waals surface area contributed by atoms with Crippen molar-refractivity contribution in [2.75, 3.05) is 24.7 Å². The van der Waals surface area contributed by atoms with Crippen molar-refractivity contribution >= 4 is 45.4 Å². The lowest BCUT2D eigenvalue weighted by molar-refractivity contribution is 0.00578. The van der Waals surface area contributed by atoms with Crippen LogP contribution in [0.2, 0.25) is 0 Å². The molecule has 0 bridgehead atoms. The summed E-state index contributed by atoms with van der Waals surface area (Å²) in [5, 5.41) is 0. The molecule has 0 atom stereocenters. The number of benzene rings is 4. The number of unbranched alkanes of at least 4 members (excludes halogenated alkanes) is 2.